The molecule has 0 radical (unpaired) electrons. The minimum atomic E-state index is -2.93. The van der Waals surface area contributed by atoms with Crippen molar-refractivity contribution in [2.45, 2.75) is 88.1 Å². The fourth-order valence-corrected chi connectivity index (χ4v) is 8.88. The number of aromatic nitrogens is 1. The maximum atomic E-state index is 13.5. The first kappa shape index (κ1) is 27.5. The van der Waals surface area contributed by atoms with Crippen LogP contribution in [-0.2, 0) is 14.6 Å². The summed E-state index contributed by atoms with van der Waals surface area (Å²) in [5.74, 6) is 0.227. The van der Waals surface area contributed by atoms with E-state index in [1.54, 1.807) is 11.3 Å². The Hall–Kier alpha value is -2.64. The number of thiazole rings is 1. The normalized spacial score (nSPS) is 26.0. The second kappa shape index (κ2) is 11.3. The number of amides is 1. The molecule has 6 rings (SSSR count). The number of rotatable bonds is 7. The number of nitriles is 1. The highest BCUT2D eigenvalue weighted by Crippen LogP contribution is 2.46. The zero-order chi connectivity index (χ0) is 27.7. The second-order valence-corrected chi connectivity index (χ2v) is 15.4. The second-order valence-electron chi connectivity index (χ2n) is 12.1. The number of sulfone groups is 1. The first-order chi connectivity index (χ1) is 19.3. The van der Waals surface area contributed by atoms with E-state index in [0.29, 0.717) is 19.1 Å². The molecule has 1 aromatic carbocycles. The third kappa shape index (κ3) is 6.01. The molecule has 2 N–H and O–H groups in total. The molecule has 2 aromatic rings. The Morgan fingerprint density at radius 2 is 1.68 bits per heavy atom. The van der Waals surface area contributed by atoms with E-state index in [2.05, 4.69) is 45.9 Å². The van der Waals surface area contributed by atoms with Crippen LogP contribution in [0.4, 0.5) is 10.8 Å². The summed E-state index contributed by atoms with van der Waals surface area (Å²) < 4.78 is 23.8. The highest BCUT2D eigenvalue weighted by atomic mass is 32.2. The summed E-state index contributed by atoms with van der Waals surface area (Å²) in [4.78, 5) is 21.9. The van der Waals surface area contributed by atoms with Gasteiger partial charge in [0.1, 0.15) is 5.54 Å². The summed E-state index contributed by atoms with van der Waals surface area (Å²) in [6, 6.07) is 11.1. The average molecular weight is 582 g/mol. The van der Waals surface area contributed by atoms with Gasteiger partial charge < -0.3 is 15.5 Å². The Morgan fingerprint density at radius 3 is 2.35 bits per heavy atom. The molecule has 1 saturated heterocycles. The van der Waals surface area contributed by atoms with E-state index in [-0.39, 0.29) is 29.2 Å². The predicted octanol–water partition coefficient (Wildman–Crippen LogP) is 5.24. The van der Waals surface area contributed by atoms with Crippen molar-refractivity contribution in [2.75, 3.05) is 34.8 Å². The number of hydrogen-bond acceptors (Lipinski definition) is 8. The molecule has 3 saturated carbocycles. The van der Waals surface area contributed by atoms with Crippen LogP contribution in [0.25, 0.3) is 10.4 Å². The molecule has 1 aliphatic heterocycles. The lowest BCUT2D eigenvalue weighted by Crippen LogP contribution is -2.42. The van der Waals surface area contributed by atoms with Gasteiger partial charge in [0, 0.05) is 36.7 Å². The zero-order valence-corrected chi connectivity index (χ0v) is 24.7. The summed E-state index contributed by atoms with van der Waals surface area (Å²) >= 11 is 1.69. The largest absolute Gasteiger partial charge is 0.369 e. The first-order valence-corrected chi connectivity index (χ1v) is 17.5. The first-order valence-electron chi connectivity index (χ1n) is 14.9. The molecule has 10 heteroatoms. The molecule has 40 heavy (non-hydrogen) atoms. The van der Waals surface area contributed by atoms with Gasteiger partial charge in [-0.15, -0.1) is 0 Å². The summed E-state index contributed by atoms with van der Waals surface area (Å²) in [6.07, 6.45) is 11.4. The summed E-state index contributed by atoms with van der Waals surface area (Å²) in [6.45, 7) is 1.04. The molecule has 4 fully saturated rings. The van der Waals surface area contributed by atoms with Gasteiger partial charge in [0.15, 0.2) is 15.0 Å². The van der Waals surface area contributed by atoms with Gasteiger partial charge in [-0.05, 0) is 56.2 Å². The van der Waals surface area contributed by atoms with Crippen molar-refractivity contribution < 1.29 is 13.2 Å². The van der Waals surface area contributed by atoms with Crippen molar-refractivity contribution in [3.8, 4) is 16.5 Å². The molecule has 1 amide bonds. The topological polar surface area (TPSA) is 115 Å². The van der Waals surface area contributed by atoms with Crippen molar-refractivity contribution in [3.63, 3.8) is 0 Å². The summed E-state index contributed by atoms with van der Waals surface area (Å²) in [5.41, 5.74) is 2.45. The van der Waals surface area contributed by atoms with Crippen LogP contribution in [-0.4, -0.2) is 55.5 Å². The maximum absolute atomic E-state index is 13.5. The maximum Gasteiger partial charge on any atom is 0.225 e. The molecule has 2 unspecified atom stereocenters. The van der Waals surface area contributed by atoms with Crippen LogP contribution in [0.5, 0.6) is 0 Å². The fraction of sp³-hybridized carbons (Fsp3) is 0.633. The molecule has 0 spiro atoms. The van der Waals surface area contributed by atoms with Crippen molar-refractivity contribution in [3.05, 3.63) is 30.0 Å². The Bertz CT molecular complexity index is 1360. The molecular weight excluding hydrogens is 542 g/mol. The highest BCUT2D eigenvalue weighted by Gasteiger charge is 2.47. The number of carbonyl (C=O) groups is 1. The molecule has 0 bridgehead atoms. The van der Waals surface area contributed by atoms with Gasteiger partial charge in [0.05, 0.1) is 28.1 Å². The smallest absolute Gasteiger partial charge is 0.225 e. The lowest BCUT2D eigenvalue weighted by Gasteiger charge is -2.31. The number of nitrogens with one attached hydrogen (secondary N) is 2. The standard InChI is InChI=1S/C30H39N5O3S2/c31-20-30(14-15-30)34-28(36)25-9-5-4-8-24(25)26-27(39-29(33-26)32-22-6-2-1-3-7-22)21-10-12-23(13-11-21)35-16-18-40(37,38)19-17-35/h10-13,22,24-25H,1-9,14-19H2,(H,32,33)(H,34,36). The predicted molar refractivity (Wildman–Crippen MR) is 159 cm³/mol. The van der Waals surface area contributed by atoms with Crippen LogP contribution in [0, 0.1) is 17.2 Å². The van der Waals surface area contributed by atoms with E-state index in [4.69, 9.17) is 4.98 Å². The molecular formula is C30H39N5O3S2. The fourth-order valence-electron chi connectivity index (χ4n) is 6.56. The highest BCUT2D eigenvalue weighted by molar-refractivity contribution is 7.91. The Morgan fingerprint density at radius 1 is 1.00 bits per heavy atom. The molecule has 8 nitrogen and oxygen atoms in total. The Kier molecular flexibility index (Phi) is 7.79. The SMILES string of the molecule is N#CC1(NC(=O)C2CCCCC2c2nc(NC3CCCCC3)sc2-c2ccc(N3CCS(=O)(=O)CC3)cc2)CC1. The van der Waals surface area contributed by atoms with E-state index in [1.807, 2.05) is 0 Å². The van der Waals surface area contributed by atoms with Crippen molar-refractivity contribution in [1.29, 1.82) is 5.26 Å². The zero-order valence-electron chi connectivity index (χ0n) is 23.0. The molecule has 214 valence electrons. The van der Waals surface area contributed by atoms with Gasteiger partial charge in [0.2, 0.25) is 5.91 Å². The van der Waals surface area contributed by atoms with Crippen LogP contribution >= 0.6 is 11.3 Å². The summed E-state index contributed by atoms with van der Waals surface area (Å²) in [5, 5.41) is 17.3. The van der Waals surface area contributed by atoms with Crippen LogP contribution in [0.15, 0.2) is 24.3 Å². The van der Waals surface area contributed by atoms with Gasteiger partial charge in [-0.3, -0.25) is 4.79 Å². The molecule has 2 heterocycles. The van der Waals surface area contributed by atoms with E-state index in [0.717, 1.165) is 78.3 Å². The van der Waals surface area contributed by atoms with E-state index < -0.39 is 15.4 Å². The van der Waals surface area contributed by atoms with E-state index in [1.165, 1.54) is 19.3 Å². The molecule has 3 aliphatic carbocycles. The number of benzene rings is 1. The van der Waals surface area contributed by atoms with Crippen molar-refractivity contribution in [2.24, 2.45) is 5.92 Å². The third-order valence-electron chi connectivity index (χ3n) is 9.21. The van der Waals surface area contributed by atoms with Gasteiger partial charge >= 0.3 is 0 Å². The van der Waals surface area contributed by atoms with E-state index >= 15 is 0 Å². The Balaban J connectivity index is 1.29. The van der Waals surface area contributed by atoms with Gasteiger partial charge in [-0.1, -0.05) is 55.6 Å². The average Bonchev–Trinajstić information content (AvgIpc) is 3.63. The monoisotopic (exact) mass is 581 g/mol. The number of carbonyl (C=O) groups excluding carboxylic acids is 1. The van der Waals surface area contributed by atoms with E-state index in [9.17, 15) is 18.5 Å². The molecule has 4 aliphatic rings. The van der Waals surface area contributed by atoms with Crippen LogP contribution in [0.1, 0.15) is 82.2 Å². The lowest BCUT2D eigenvalue weighted by molar-refractivity contribution is -0.127. The number of hydrogen-bond donors (Lipinski definition) is 2. The number of anilines is 2. The van der Waals surface area contributed by atoms with Crippen LogP contribution in [0.2, 0.25) is 0 Å². The van der Waals surface area contributed by atoms with Gasteiger partial charge in [-0.2, -0.15) is 5.26 Å². The molecule has 2 atom stereocenters. The van der Waals surface area contributed by atoms with Crippen molar-refractivity contribution in [1.82, 2.24) is 10.3 Å². The Labute approximate surface area is 241 Å². The lowest BCUT2D eigenvalue weighted by atomic mass is 9.76. The van der Waals surface area contributed by atoms with Crippen LogP contribution < -0.4 is 15.5 Å². The number of nitrogens with zero attached hydrogens (tertiary/aromatic N) is 3. The third-order valence-corrected chi connectivity index (χ3v) is 11.9. The van der Waals surface area contributed by atoms with Crippen LogP contribution in [0.3, 0.4) is 0 Å². The van der Waals surface area contributed by atoms with Gasteiger partial charge in [0.25, 0.3) is 0 Å². The minimum absolute atomic E-state index is 0.000103. The summed E-state index contributed by atoms with van der Waals surface area (Å²) in [7, 11) is -2.93. The quantitative estimate of drug-likeness (QED) is 0.460. The minimum Gasteiger partial charge on any atom is -0.369 e. The van der Waals surface area contributed by atoms with Crippen molar-refractivity contribution >= 4 is 37.9 Å². The molecule has 1 aromatic heterocycles. The van der Waals surface area contributed by atoms with Gasteiger partial charge in [-0.25, -0.2) is 13.4 Å².